The molecule has 0 aliphatic rings. The van der Waals surface area contributed by atoms with Crippen LogP contribution in [-0.4, -0.2) is 15.9 Å². The lowest BCUT2D eigenvalue weighted by atomic mass is 10.3. The molecule has 2 aromatic heterocycles. The van der Waals surface area contributed by atoms with E-state index in [1.807, 2.05) is 48.5 Å². The van der Waals surface area contributed by atoms with E-state index < -0.39 is 0 Å². The van der Waals surface area contributed by atoms with Crippen LogP contribution in [0.3, 0.4) is 0 Å². The summed E-state index contributed by atoms with van der Waals surface area (Å²) in [7, 11) is 0. The quantitative estimate of drug-likeness (QED) is 0.759. The number of thiazole rings is 1. The molecule has 0 fully saturated rings. The van der Waals surface area contributed by atoms with Gasteiger partial charge in [0, 0.05) is 17.3 Å². The molecule has 0 spiro atoms. The Kier molecular flexibility index (Phi) is 4.41. The van der Waals surface area contributed by atoms with Gasteiger partial charge in [-0.3, -0.25) is 9.78 Å². The number of carbonyl (C=O) groups is 1. The fourth-order valence-electron chi connectivity index (χ4n) is 1.84. The summed E-state index contributed by atoms with van der Waals surface area (Å²) < 4.78 is 0. The van der Waals surface area contributed by atoms with Crippen molar-refractivity contribution in [2.45, 2.75) is 6.54 Å². The van der Waals surface area contributed by atoms with Crippen LogP contribution in [0.5, 0.6) is 0 Å². The molecule has 0 bridgehead atoms. The lowest BCUT2D eigenvalue weighted by Gasteiger charge is -2.02. The average molecular weight is 310 g/mol. The minimum absolute atomic E-state index is 0.206. The largest absolute Gasteiger partial charge is 0.345 e. The summed E-state index contributed by atoms with van der Waals surface area (Å²) in [5.74, 6) is -0.206. The molecule has 0 aliphatic heterocycles. The summed E-state index contributed by atoms with van der Waals surface area (Å²) in [5, 5.41) is 8.40. The van der Waals surface area contributed by atoms with Crippen molar-refractivity contribution in [3.8, 4) is 0 Å². The van der Waals surface area contributed by atoms with Crippen molar-refractivity contribution in [3.63, 3.8) is 0 Å². The summed E-state index contributed by atoms with van der Waals surface area (Å²) in [5.41, 5.74) is 2.16. The maximum Gasteiger partial charge on any atom is 0.271 e. The molecule has 3 aromatic rings. The Balaban J connectivity index is 1.60. The number of carbonyl (C=O) groups excluding carboxylic acids is 1. The second-order valence-corrected chi connectivity index (χ2v) is 5.39. The molecule has 22 heavy (non-hydrogen) atoms. The molecule has 5 nitrogen and oxygen atoms in total. The minimum atomic E-state index is -0.206. The van der Waals surface area contributed by atoms with Gasteiger partial charge in [0.25, 0.3) is 5.91 Å². The maximum absolute atomic E-state index is 12.1. The van der Waals surface area contributed by atoms with Gasteiger partial charge < -0.3 is 10.6 Å². The predicted molar refractivity (Wildman–Crippen MR) is 87.2 cm³/mol. The van der Waals surface area contributed by atoms with E-state index in [-0.39, 0.29) is 5.91 Å². The Hall–Kier alpha value is -2.73. The van der Waals surface area contributed by atoms with Crippen LogP contribution in [0.25, 0.3) is 0 Å². The molecule has 1 aromatic carbocycles. The van der Waals surface area contributed by atoms with Crippen molar-refractivity contribution in [1.29, 1.82) is 0 Å². The zero-order chi connectivity index (χ0) is 15.2. The topological polar surface area (TPSA) is 66.9 Å². The van der Waals surface area contributed by atoms with Gasteiger partial charge >= 0.3 is 0 Å². The molecule has 3 rings (SSSR count). The lowest BCUT2D eigenvalue weighted by molar-refractivity contribution is 0.0946. The summed E-state index contributed by atoms with van der Waals surface area (Å²) in [6.07, 6.45) is 1.70. The van der Waals surface area contributed by atoms with E-state index in [1.165, 1.54) is 11.3 Å². The molecule has 2 heterocycles. The van der Waals surface area contributed by atoms with Gasteiger partial charge in [0.1, 0.15) is 5.69 Å². The Morgan fingerprint density at radius 2 is 1.91 bits per heavy atom. The monoisotopic (exact) mass is 310 g/mol. The zero-order valence-electron chi connectivity index (χ0n) is 11.7. The second kappa shape index (κ2) is 6.82. The van der Waals surface area contributed by atoms with Crippen LogP contribution < -0.4 is 10.6 Å². The molecule has 0 unspecified atom stereocenters. The first kappa shape index (κ1) is 14.2. The number of nitrogens with one attached hydrogen (secondary N) is 2. The van der Waals surface area contributed by atoms with Gasteiger partial charge in [-0.1, -0.05) is 24.3 Å². The van der Waals surface area contributed by atoms with Crippen LogP contribution in [-0.2, 0) is 6.54 Å². The van der Waals surface area contributed by atoms with Gasteiger partial charge in [-0.05, 0) is 24.3 Å². The third kappa shape index (κ3) is 3.67. The predicted octanol–water partition coefficient (Wildman–Crippen LogP) is 3.21. The van der Waals surface area contributed by atoms with E-state index in [2.05, 4.69) is 20.6 Å². The van der Waals surface area contributed by atoms with Gasteiger partial charge in [0.05, 0.1) is 12.2 Å². The van der Waals surface area contributed by atoms with Gasteiger partial charge in [0.15, 0.2) is 5.13 Å². The molecule has 1 amide bonds. The number of para-hydroxylation sites is 1. The van der Waals surface area contributed by atoms with Crippen molar-refractivity contribution in [3.05, 3.63) is 71.5 Å². The second-order valence-electron chi connectivity index (χ2n) is 4.53. The summed E-state index contributed by atoms with van der Waals surface area (Å²) in [4.78, 5) is 20.5. The molecule has 2 N–H and O–H groups in total. The van der Waals surface area contributed by atoms with Crippen molar-refractivity contribution < 1.29 is 4.79 Å². The van der Waals surface area contributed by atoms with Crippen LogP contribution in [0.1, 0.15) is 16.2 Å². The molecular weight excluding hydrogens is 296 g/mol. The Labute approximate surface area is 132 Å². The van der Waals surface area contributed by atoms with E-state index in [9.17, 15) is 4.79 Å². The van der Waals surface area contributed by atoms with Crippen LogP contribution in [0, 0.1) is 0 Å². The number of hydrogen-bond donors (Lipinski definition) is 2. The third-order valence-corrected chi connectivity index (χ3v) is 3.68. The van der Waals surface area contributed by atoms with Gasteiger partial charge in [-0.25, -0.2) is 4.98 Å². The maximum atomic E-state index is 12.1. The number of nitrogens with zero attached hydrogens (tertiary/aromatic N) is 2. The molecule has 0 atom stereocenters. The number of anilines is 2. The molecule has 110 valence electrons. The SMILES string of the molecule is O=C(NCc1ccccn1)c1csc(Nc2ccccc2)n1. The Bertz CT molecular complexity index is 743. The van der Waals surface area contributed by atoms with Crippen LogP contribution in [0.4, 0.5) is 10.8 Å². The highest BCUT2D eigenvalue weighted by Crippen LogP contribution is 2.20. The Morgan fingerprint density at radius 3 is 2.68 bits per heavy atom. The lowest BCUT2D eigenvalue weighted by Crippen LogP contribution is -2.23. The third-order valence-electron chi connectivity index (χ3n) is 2.92. The molecule has 0 saturated carbocycles. The summed E-state index contributed by atoms with van der Waals surface area (Å²) in [6, 6.07) is 15.3. The highest BCUT2D eigenvalue weighted by molar-refractivity contribution is 7.14. The van der Waals surface area contributed by atoms with Crippen LogP contribution in [0.2, 0.25) is 0 Å². The van der Waals surface area contributed by atoms with Gasteiger partial charge in [-0.2, -0.15) is 0 Å². The molecule has 0 radical (unpaired) electrons. The highest BCUT2D eigenvalue weighted by Gasteiger charge is 2.10. The van der Waals surface area contributed by atoms with Crippen LogP contribution in [0.15, 0.2) is 60.1 Å². The van der Waals surface area contributed by atoms with Crippen molar-refractivity contribution in [2.24, 2.45) is 0 Å². The van der Waals surface area contributed by atoms with E-state index in [4.69, 9.17) is 0 Å². The van der Waals surface area contributed by atoms with E-state index in [0.717, 1.165) is 11.4 Å². The first-order valence-corrected chi connectivity index (χ1v) is 7.65. The van der Waals surface area contributed by atoms with E-state index in [1.54, 1.807) is 11.6 Å². The number of aromatic nitrogens is 2. The smallest absolute Gasteiger partial charge is 0.271 e. The van der Waals surface area contributed by atoms with Crippen molar-refractivity contribution >= 4 is 28.1 Å². The molecule has 0 saturated heterocycles. The normalized spacial score (nSPS) is 10.2. The number of amides is 1. The average Bonchev–Trinajstić information content (AvgIpc) is 3.03. The zero-order valence-corrected chi connectivity index (χ0v) is 12.5. The van der Waals surface area contributed by atoms with Crippen LogP contribution >= 0.6 is 11.3 Å². The standard InChI is InChI=1S/C16H14N4OS/c21-15(18-10-13-8-4-5-9-17-13)14-11-22-16(20-14)19-12-6-2-1-3-7-12/h1-9,11H,10H2,(H,18,21)(H,19,20). The van der Waals surface area contributed by atoms with E-state index >= 15 is 0 Å². The van der Waals surface area contributed by atoms with Crippen molar-refractivity contribution in [1.82, 2.24) is 15.3 Å². The fourth-order valence-corrected chi connectivity index (χ4v) is 2.56. The minimum Gasteiger partial charge on any atom is -0.345 e. The highest BCUT2D eigenvalue weighted by atomic mass is 32.1. The number of benzene rings is 1. The first-order chi connectivity index (χ1) is 10.8. The fraction of sp³-hybridized carbons (Fsp3) is 0.0625. The molecular formula is C16H14N4OS. The number of hydrogen-bond acceptors (Lipinski definition) is 5. The number of pyridine rings is 1. The molecule has 0 aliphatic carbocycles. The van der Waals surface area contributed by atoms with Gasteiger partial charge in [-0.15, -0.1) is 11.3 Å². The van der Waals surface area contributed by atoms with Crippen molar-refractivity contribution in [2.75, 3.05) is 5.32 Å². The first-order valence-electron chi connectivity index (χ1n) is 6.77. The van der Waals surface area contributed by atoms with E-state index in [0.29, 0.717) is 17.4 Å². The van der Waals surface area contributed by atoms with Gasteiger partial charge in [0.2, 0.25) is 0 Å². The number of rotatable bonds is 5. The molecule has 6 heteroatoms. The Morgan fingerprint density at radius 1 is 1.09 bits per heavy atom. The summed E-state index contributed by atoms with van der Waals surface area (Å²) >= 11 is 1.40. The summed E-state index contributed by atoms with van der Waals surface area (Å²) in [6.45, 7) is 0.388.